The van der Waals surface area contributed by atoms with Crippen LogP contribution in [0.5, 0.6) is 0 Å². The maximum Gasteiger partial charge on any atom is 0.370 e. The van der Waals surface area contributed by atoms with Crippen molar-refractivity contribution in [2.75, 3.05) is 26.4 Å². The molecule has 0 aliphatic rings. The fourth-order valence-corrected chi connectivity index (χ4v) is 13.7. The third-order valence-electron chi connectivity index (χ3n) is 5.18. The maximum absolute atomic E-state index is 6.56. The van der Waals surface area contributed by atoms with E-state index in [2.05, 4.69) is 72.0 Å². The predicted molar refractivity (Wildman–Crippen MR) is 134 cm³/mol. The Hall–Kier alpha value is -0.246. The summed E-state index contributed by atoms with van der Waals surface area (Å²) in [5.74, 6) is 0. The van der Waals surface area contributed by atoms with Gasteiger partial charge in [0.25, 0.3) is 0 Å². The standard InChI is InChI=1S/C24H50O4Si2/c1-8-15-17-19-22-29(25-11-4,26-12-5)24(21-10-3)30(27-13-6,28-14-7)23-20-18-16-9-2/h19-20,22-24H,8-18,21H2,1-7H3. The Kier molecular flexibility index (Phi) is 18.2. The van der Waals surface area contributed by atoms with Crippen LogP contribution in [0.1, 0.15) is 99.8 Å². The van der Waals surface area contributed by atoms with Gasteiger partial charge >= 0.3 is 17.1 Å². The zero-order chi connectivity index (χ0) is 22.7. The SMILES string of the molecule is CCCCC=C[Si](OCC)(OCC)C(CCC)[Si](C=CCCCC)(OCC)OCC. The molecule has 0 aromatic carbocycles. The molecule has 0 aliphatic carbocycles. The molecule has 0 aliphatic heterocycles. The number of unbranched alkanes of at least 4 members (excludes halogenated alkanes) is 4. The van der Waals surface area contributed by atoms with Crippen LogP contribution < -0.4 is 0 Å². The first-order chi connectivity index (χ1) is 14.6. The topological polar surface area (TPSA) is 36.9 Å². The first kappa shape index (κ1) is 29.8. The van der Waals surface area contributed by atoms with E-state index in [9.17, 15) is 0 Å². The lowest BCUT2D eigenvalue weighted by molar-refractivity contribution is 0.158. The van der Waals surface area contributed by atoms with Crippen LogP contribution in [0, 0.1) is 0 Å². The van der Waals surface area contributed by atoms with Crippen molar-refractivity contribution in [3.8, 4) is 0 Å². The molecule has 30 heavy (non-hydrogen) atoms. The number of hydrogen-bond acceptors (Lipinski definition) is 4. The van der Waals surface area contributed by atoms with Crippen LogP contribution in [-0.4, -0.2) is 43.5 Å². The molecule has 6 heteroatoms. The highest BCUT2D eigenvalue weighted by Gasteiger charge is 2.58. The van der Waals surface area contributed by atoms with E-state index >= 15 is 0 Å². The Bertz CT molecular complexity index is 404. The largest absolute Gasteiger partial charge is 0.391 e. The molecule has 0 amide bonds. The van der Waals surface area contributed by atoms with Gasteiger partial charge in [0.15, 0.2) is 0 Å². The fourth-order valence-electron chi connectivity index (χ4n) is 3.92. The molecule has 0 heterocycles. The summed E-state index contributed by atoms with van der Waals surface area (Å²) in [5, 5.41) is 0.158. The third kappa shape index (κ3) is 9.92. The Morgan fingerprint density at radius 2 is 0.933 bits per heavy atom. The van der Waals surface area contributed by atoms with Crippen LogP contribution in [0.25, 0.3) is 0 Å². The minimum absolute atomic E-state index is 0.158. The quantitative estimate of drug-likeness (QED) is 0.142. The normalized spacial score (nSPS) is 14.2. The van der Waals surface area contributed by atoms with Gasteiger partial charge in [-0.25, -0.2) is 0 Å². The van der Waals surface area contributed by atoms with Crippen LogP contribution in [0.2, 0.25) is 5.16 Å². The molecule has 0 atom stereocenters. The molecule has 0 aromatic heterocycles. The maximum atomic E-state index is 6.56. The van der Waals surface area contributed by atoms with Crippen LogP contribution in [0.4, 0.5) is 0 Å². The number of hydrogen-bond donors (Lipinski definition) is 0. The summed E-state index contributed by atoms with van der Waals surface area (Å²) in [6.45, 7) is 17.6. The molecular formula is C24H50O4Si2. The minimum Gasteiger partial charge on any atom is -0.391 e. The van der Waals surface area contributed by atoms with Gasteiger partial charge < -0.3 is 17.7 Å². The first-order valence-electron chi connectivity index (χ1n) is 12.5. The van der Waals surface area contributed by atoms with E-state index in [1.54, 1.807) is 0 Å². The summed E-state index contributed by atoms with van der Waals surface area (Å²) in [4.78, 5) is 0. The van der Waals surface area contributed by atoms with Gasteiger partial charge in [-0.1, -0.05) is 65.0 Å². The molecule has 178 valence electrons. The Balaban J connectivity index is 6.38. The van der Waals surface area contributed by atoms with E-state index in [0.29, 0.717) is 26.4 Å². The Morgan fingerprint density at radius 1 is 0.567 bits per heavy atom. The van der Waals surface area contributed by atoms with E-state index in [0.717, 1.165) is 25.7 Å². The van der Waals surface area contributed by atoms with Gasteiger partial charge in [-0.2, -0.15) is 0 Å². The third-order valence-corrected chi connectivity index (χ3v) is 14.5. The zero-order valence-corrected chi connectivity index (χ0v) is 23.0. The highest BCUT2D eigenvalue weighted by molar-refractivity contribution is 6.93. The monoisotopic (exact) mass is 458 g/mol. The summed E-state index contributed by atoms with van der Waals surface area (Å²) < 4.78 is 26.2. The van der Waals surface area contributed by atoms with Crippen molar-refractivity contribution in [3.05, 3.63) is 23.6 Å². The van der Waals surface area contributed by atoms with Gasteiger partial charge in [-0.15, -0.1) is 0 Å². The molecule has 0 bridgehead atoms. The zero-order valence-electron chi connectivity index (χ0n) is 21.0. The molecule has 0 spiro atoms. The molecule has 0 saturated carbocycles. The van der Waals surface area contributed by atoms with E-state index in [1.165, 1.54) is 25.7 Å². The lowest BCUT2D eigenvalue weighted by atomic mass is 10.2. The van der Waals surface area contributed by atoms with Crippen LogP contribution in [0.15, 0.2) is 23.6 Å². The van der Waals surface area contributed by atoms with Crippen molar-refractivity contribution >= 4 is 17.1 Å². The second kappa shape index (κ2) is 18.3. The molecule has 0 aromatic rings. The highest BCUT2D eigenvalue weighted by atomic mass is 28.4. The fraction of sp³-hybridized carbons (Fsp3) is 0.833. The van der Waals surface area contributed by atoms with E-state index < -0.39 is 17.1 Å². The Morgan fingerprint density at radius 3 is 1.20 bits per heavy atom. The lowest BCUT2D eigenvalue weighted by Crippen LogP contribution is -2.60. The smallest absolute Gasteiger partial charge is 0.370 e. The van der Waals surface area contributed by atoms with Crippen molar-refractivity contribution in [2.45, 2.75) is 105 Å². The molecule has 0 fully saturated rings. The molecular weight excluding hydrogens is 408 g/mol. The van der Waals surface area contributed by atoms with Gasteiger partial charge in [0, 0.05) is 26.4 Å². The van der Waals surface area contributed by atoms with Gasteiger partial charge in [0.2, 0.25) is 0 Å². The molecule has 4 nitrogen and oxygen atoms in total. The second-order valence-corrected chi connectivity index (χ2v) is 14.3. The summed E-state index contributed by atoms with van der Waals surface area (Å²) in [6.07, 6.45) is 13.5. The van der Waals surface area contributed by atoms with Crippen LogP contribution >= 0.6 is 0 Å². The summed E-state index contributed by atoms with van der Waals surface area (Å²) in [6, 6.07) is 0. The minimum atomic E-state index is -2.69. The van der Waals surface area contributed by atoms with E-state index in [4.69, 9.17) is 17.7 Å². The molecule has 0 radical (unpaired) electrons. The highest BCUT2D eigenvalue weighted by Crippen LogP contribution is 2.41. The summed E-state index contributed by atoms with van der Waals surface area (Å²) >= 11 is 0. The Labute approximate surface area is 189 Å². The average Bonchev–Trinajstić information content (AvgIpc) is 2.73. The predicted octanol–water partition coefficient (Wildman–Crippen LogP) is 7.30. The van der Waals surface area contributed by atoms with Crippen molar-refractivity contribution in [3.63, 3.8) is 0 Å². The van der Waals surface area contributed by atoms with Gasteiger partial charge in [0.1, 0.15) is 0 Å². The van der Waals surface area contributed by atoms with Crippen molar-refractivity contribution in [1.82, 2.24) is 0 Å². The van der Waals surface area contributed by atoms with Gasteiger partial charge in [0.05, 0.1) is 5.16 Å². The lowest BCUT2D eigenvalue weighted by Gasteiger charge is -2.43. The number of allylic oxidation sites excluding steroid dienone is 2. The molecule has 0 rings (SSSR count). The van der Waals surface area contributed by atoms with Crippen molar-refractivity contribution in [1.29, 1.82) is 0 Å². The first-order valence-corrected chi connectivity index (χ1v) is 16.4. The molecule has 0 unspecified atom stereocenters. The molecule has 0 N–H and O–H groups in total. The van der Waals surface area contributed by atoms with Crippen LogP contribution in [0.3, 0.4) is 0 Å². The van der Waals surface area contributed by atoms with Gasteiger partial charge in [-0.3, -0.25) is 0 Å². The van der Waals surface area contributed by atoms with Crippen molar-refractivity contribution in [2.24, 2.45) is 0 Å². The average molecular weight is 459 g/mol. The van der Waals surface area contributed by atoms with Crippen LogP contribution in [-0.2, 0) is 17.7 Å². The van der Waals surface area contributed by atoms with E-state index in [-0.39, 0.29) is 5.16 Å². The summed E-state index contributed by atoms with van der Waals surface area (Å²) in [7, 11) is -5.39. The second-order valence-electron chi connectivity index (χ2n) is 7.61. The van der Waals surface area contributed by atoms with Gasteiger partial charge in [-0.05, 0) is 58.4 Å². The number of rotatable bonds is 20. The summed E-state index contributed by atoms with van der Waals surface area (Å²) in [5.41, 5.74) is 4.60. The van der Waals surface area contributed by atoms with Crippen molar-refractivity contribution < 1.29 is 17.7 Å². The van der Waals surface area contributed by atoms with E-state index in [1.807, 2.05) is 0 Å². The molecule has 0 saturated heterocycles.